The van der Waals surface area contributed by atoms with E-state index in [-0.39, 0.29) is 12.2 Å². The number of hydrogen-bond donors (Lipinski definition) is 1. The van der Waals surface area contributed by atoms with E-state index in [9.17, 15) is 9.90 Å². The Morgan fingerprint density at radius 2 is 2.05 bits per heavy atom. The van der Waals surface area contributed by atoms with Crippen molar-refractivity contribution in [3.63, 3.8) is 0 Å². The van der Waals surface area contributed by atoms with Crippen LogP contribution in [-0.4, -0.2) is 15.6 Å². The molecule has 4 nitrogen and oxygen atoms in total. The van der Waals surface area contributed by atoms with Crippen molar-refractivity contribution in [2.75, 3.05) is 0 Å². The molecule has 0 atom stereocenters. The normalized spacial score (nSPS) is 10.2. The molecule has 2 aromatic rings. The number of aryl methyl sites for hydroxylation is 1. The Kier molecular flexibility index (Phi) is 4.60. The summed E-state index contributed by atoms with van der Waals surface area (Å²) in [6, 6.07) is 11.0. The summed E-state index contributed by atoms with van der Waals surface area (Å²) in [5, 5.41) is 9.21. The molecule has 0 spiro atoms. The molecule has 0 bridgehead atoms. The average Bonchev–Trinajstić information content (AvgIpc) is 2.87. The number of para-hydroxylation sites is 1. The van der Waals surface area contributed by atoms with E-state index in [4.69, 9.17) is 4.74 Å². The second kappa shape index (κ2) is 6.61. The Labute approximate surface area is 117 Å². The van der Waals surface area contributed by atoms with Crippen molar-refractivity contribution < 1.29 is 14.6 Å². The fraction of sp³-hybridized carbons (Fsp3) is 0.188. The van der Waals surface area contributed by atoms with Crippen molar-refractivity contribution in [2.45, 2.75) is 19.6 Å². The molecule has 0 aliphatic heterocycles. The zero-order valence-electron chi connectivity index (χ0n) is 11.2. The number of aromatic carboxylic acids is 1. The zero-order chi connectivity index (χ0) is 14.4. The van der Waals surface area contributed by atoms with E-state index in [0.717, 1.165) is 12.2 Å². The molecule has 0 saturated carbocycles. The third-order valence-electron chi connectivity index (χ3n) is 3.00. The van der Waals surface area contributed by atoms with E-state index >= 15 is 0 Å². The summed E-state index contributed by atoms with van der Waals surface area (Å²) >= 11 is 0. The number of allylic oxidation sites excluding steroid dienone is 1. The minimum absolute atomic E-state index is 0.232. The first-order chi connectivity index (χ1) is 9.72. The quantitative estimate of drug-likeness (QED) is 0.786. The molecule has 1 heterocycles. The molecule has 0 aliphatic carbocycles. The molecular weight excluding hydrogens is 254 g/mol. The lowest BCUT2D eigenvalue weighted by molar-refractivity contribution is 0.0693. The summed E-state index contributed by atoms with van der Waals surface area (Å²) in [6.07, 6.45) is 4.37. The smallest absolute Gasteiger partial charge is 0.337 e. The molecule has 2 rings (SSSR count). The molecular formula is C16H17NO3. The lowest BCUT2D eigenvalue weighted by Gasteiger charge is -2.11. The molecule has 1 N–H and O–H groups in total. The lowest BCUT2D eigenvalue weighted by atomic mass is 10.2. The highest BCUT2D eigenvalue weighted by Crippen LogP contribution is 2.16. The molecule has 0 saturated heterocycles. The van der Waals surface area contributed by atoms with Crippen molar-refractivity contribution in [1.29, 1.82) is 0 Å². The predicted octanol–water partition coefficient (Wildman–Crippen LogP) is 3.34. The fourth-order valence-electron chi connectivity index (χ4n) is 1.97. The first-order valence-corrected chi connectivity index (χ1v) is 6.42. The lowest BCUT2D eigenvalue weighted by Crippen LogP contribution is -2.10. The Bertz CT molecular complexity index is 587. The summed E-state index contributed by atoms with van der Waals surface area (Å²) in [5.41, 5.74) is 0.952. The maximum atomic E-state index is 11.2. The van der Waals surface area contributed by atoms with Gasteiger partial charge in [-0.15, -0.1) is 6.58 Å². The Morgan fingerprint density at radius 3 is 2.70 bits per heavy atom. The molecule has 0 amide bonds. The summed E-state index contributed by atoms with van der Waals surface area (Å²) < 4.78 is 7.55. The van der Waals surface area contributed by atoms with Gasteiger partial charge in [-0.05, 0) is 24.6 Å². The van der Waals surface area contributed by atoms with Crippen LogP contribution in [0.5, 0.6) is 5.75 Å². The number of aromatic nitrogens is 1. The van der Waals surface area contributed by atoms with Crippen molar-refractivity contribution >= 4 is 5.97 Å². The predicted molar refractivity (Wildman–Crippen MR) is 77.0 cm³/mol. The van der Waals surface area contributed by atoms with E-state index in [2.05, 4.69) is 6.58 Å². The van der Waals surface area contributed by atoms with Crippen LogP contribution in [0.3, 0.4) is 0 Å². The minimum atomic E-state index is -0.936. The SMILES string of the molecule is C=CCCn1ccc(C(=O)O)c1COc1ccccc1. The van der Waals surface area contributed by atoms with E-state index in [1.54, 1.807) is 12.3 Å². The molecule has 0 aliphatic rings. The largest absolute Gasteiger partial charge is 0.487 e. The van der Waals surface area contributed by atoms with Gasteiger partial charge in [0.1, 0.15) is 12.4 Å². The summed E-state index contributed by atoms with van der Waals surface area (Å²) in [6.45, 7) is 4.61. The van der Waals surface area contributed by atoms with Crippen LogP contribution in [0.1, 0.15) is 22.5 Å². The number of benzene rings is 1. The molecule has 0 fully saturated rings. The van der Waals surface area contributed by atoms with E-state index in [1.807, 2.05) is 41.0 Å². The van der Waals surface area contributed by atoms with Crippen molar-refractivity contribution in [3.8, 4) is 5.75 Å². The summed E-state index contributed by atoms with van der Waals surface area (Å²) in [4.78, 5) is 11.2. The molecule has 20 heavy (non-hydrogen) atoms. The molecule has 4 heteroatoms. The molecule has 1 aromatic heterocycles. The molecule has 0 unspecified atom stereocenters. The van der Waals surface area contributed by atoms with Crippen molar-refractivity contribution in [1.82, 2.24) is 4.57 Å². The maximum absolute atomic E-state index is 11.2. The van der Waals surface area contributed by atoms with E-state index in [0.29, 0.717) is 12.2 Å². The van der Waals surface area contributed by atoms with Crippen LogP contribution >= 0.6 is 0 Å². The van der Waals surface area contributed by atoms with Gasteiger partial charge in [-0.1, -0.05) is 24.3 Å². The molecule has 104 valence electrons. The number of rotatable bonds is 7. The second-order valence-corrected chi connectivity index (χ2v) is 4.35. The van der Waals surface area contributed by atoms with Gasteiger partial charge in [-0.3, -0.25) is 0 Å². The highest BCUT2D eigenvalue weighted by atomic mass is 16.5. The Balaban J connectivity index is 2.17. The van der Waals surface area contributed by atoms with Crippen molar-refractivity contribution in [3.05, 3.63) is 66.5 Å². The maximum Gasteiger partial charge on any atom is 0.337 e. The molecule has 1 aromatic carbocycles. The van der Waals surface area contributed by atoms with Gasteiger partial charge in [0.05, 0.1) is 11.3 Å². The highest BCUT2D eigenvalue weighted by Gasteiger charge is 2.15. The number of hydrogen-bond acceptors (Lipinski definition) is 2. The van der Waals surface area contributed by atoms with Crippen LogP contribution in [0.4, 0.5) is 0 Å². The highest BCUT2D eigenvalue weighted by molar-refractivity contribution is 5.89. The van der Waals surface area contributed by atoms with Gasteiger partial charge in [0.2, 0.25) is 0 Å². The van der Waals surface area contributed by atoms with Gasteiger partial charge in [-0.2, -0.15) is 0 Å². The second-order valence-electron chi connectivity index (χ2n) is 4.35. The first-order valence-electron chi connectivity index (χ1n) is 6.42. The number of nitrogens with zero attached hydrogens (tertiary/aromatic N) is 1. The van der Waals surface area contributed by atoms with Crippen LogP contribution in [0, 0.1) is 0 Å². The van der Waals surface area contributed by atoms with Crippen LogP contribution in [0.25, 0.3) is 0 Å². The van der Waals surface area contributed by atoms with Gasteiger partial charge in [0, 0.05) is 12.7 Å². The summed E-state index contributed by atoms with van der Waals surface area (Å²) in [7, 11) is 0. The Hall–Kier alpha value is -2.49. The number of carboxylic acids is 1. The topological polar surface area (TPSA) is 51.5 Å². The number of ether oxygens (including phenoxy) is 1. The van der Waals surface area contributed by atoms with Gasteiger partial charge in [0.15, 0.2) is 0 Å². The van der Waals surface area contributed by atoms with E-state index in [1.165, 1.54) is 0 Å². The Morgan fingerprint density at radius 1 is 1.30 bits per heavy atom. The zero-order valence-corrected chi connectivity index (χ0v) is 11.2. The standard InChI is InChI=1S/C16H17NO3/c1-2-3-10-17-11-9-14(16(18)19)15(17)12-20-13-7-5-4-6-8-13/h2,4-9,11H,1,3,10,12H2,(H,18,19). The molecule has 0 radical (unpaired) electrons. The minimum Gasteiger partial charge on any atom is -0.487 e. The van der Waals surface area contributed by atoms with E-state index < -0.39 is 5.97 Å². The monoisotopic (exact) mass is 271 g/mol. The first kappa shape index (κ1) is 13.9. The summed E-state index contributed by atoms with van der Waals surface area (Å²) in [5.74, 6) is -0.214. The van der Waals surface area contributed by atoms with Crippen LogP contribution < -0.4 is 4.74 Å². The van der Waals surface area contributed by atoms with Crippen molar-refractivity contribution in [2.24, 2.45) is 0 Å². The third-order valence-corrected chi connectivity index (χ3v) is 3.00. The fourth-order valence-corrected chi connectivity index (χ4v) is 1.97. The van der Waals surface area contributed by atoms with Gasteiger partial charge in [0.25, 0.3) is 0 Å². The van der Waals surface area contributed by atoms with Gasteiger partial charge in [-0.25, -0.2) is 4.79 Å². The third kappa shape index (κ3) is 3.29. The number of carbonyl (C=O) groups is 1. The van der Waals surface area contributed by atoms with Crippen LogP contribution in [-0.2, 0) is 13.2 Å². The van der Waals surface area contributed by atoms with Crippen LogP contribution in [0.2, 0.25) is 0 Å². The average molecular weight is 271 g/mol. The van der Waals surface area contributed by atoms with Gasteiger partial charge < -0.3 is 14.4 Å². The van der Waals surface area contributed by atoms with Gasteiger partial charge >= 0.3 is 5.97 Å². The number of carboxylic acid groups (broad SMARTS) is 1. The van der Waals surface area contributed by atoms with Crippen LogP contribution in [0.15, 0.2) is 55.3 Å².